The molecule has 5 heteroatoms. The van der Waals surface area contributed by atoms with Crippen LogP contribution in [0.2, 0.25) is 0 Å². The van der Waals surface area contributed by atoms with E-state index in [-0.39, 0.29) is 0 Å². The summed E-state index contributed by atoms with van der Waals surface area (Å²) in [5, 5.41) is 12.1. The maximum atomic E-state index is 5.96. The summed E-state index contributed by atoms with van der Waals surface area (Å²) in [6, 6.07) is 9.96. The molecule has 1 aromatic carbocycles. The van der Waals surface area contributed by atoms with Gasteiger partial charge in [-0.2, -0.15) is 0 Å². The molecule has 0 bridgehead atoms. The van der Waals surface area contributed by atoms with Crippen molar-refractivity contribution in [3.63, 3.8) is 0 Å². The fourth-order valence-electron chi connectivity index (χ4n) is 4.19. The van der Waals surface area contributed by atoms with Gasteiger partial charge in [-0.15, -0.1) is 10.2 Å². The van der Waals surface area contributed by atoms with Crippen LogP contribution in [0.1, 0.15) is 33.1 Å². The van der Waals surface area contributed by atoms with E-state index in [0.29, 0.717) is 29.6 Å². The number of rotatable bonds is 9. The molecule has 1 heterocycles. The SMILES string of the molecule is COCCNCC1C=C(C)C(Cc2nnc(-c3ccccc3)o2)CC1C(C)C. The van der Waals surface area contributed by atoms with E-state index >= 15 is 0 Å². The minimum Gasteiger partial charge on any atom is -0.421 e. The highest BCUT2D eigenvalue weighted by Crippen LogP contribution is 2.38. The Morgan fingerprint density at radius 2 is 2.00 bits per heavy atom. The second-order valence-corrected chi connectivity index (χ2v) is 8.18. The van der Waals surface area contributed by atoms with Crippen molar-refractivity contribution < 1.29 is 9.15 Å². The number of allylic oxidation sites excluding steroid dienone is 1. The van der Waals surface area contributed by atoms with Crippen LogP contribution < -0.4 is 5.32 Å². The van der Waals surface area contributed by atoms with Crippen LogP contribution in [-0.4, -0.2) is 37.0 Å². The molecule has 1 N–H and O–H groups in total. The molecule has 3 atom stereocenters. The summed E-state index contributed by atoms with van der Waals surface area (Å²) in [7, 11) is 1.74. The first kappa shape index (κ1) is 20.7. The molecule has 2 aromatic rings. The van der Waals surface area contributed by atoms with Crippen LogP contribution in [0.15, 0.2) is 46.4 Å². The maximum absolute atomic E-state index is 5.96. The number of methoxy groups -OCH3 is 1. The van der Waals surface area contributed by atoms with E-state index in [9.17, 15) is 0 Å². The van der Waals surface area contributed by atoms with Gasteiger partial charge in [0.1, 0.15) is 0 Å². The molecule has 0 saturated heterocycles. The number of nitrogens with zero attached hydrogens (tertiary/aromatic N) is 2. The van der Waals surface area contributed by atoms with E-state index in [1.807, 2.05) is 30.3 Å². The van der Waals surface area contributed by atoms with Crippen LogP contribution in [-0.2, 0) is 11.2 Å². The lowest BCUT2D eigenvalue weighted by Gasteiger charge is -2.37. The Morgan fingerprint density at radius 3 is 2.71 bits per heavy atom. The van der Waals surface area contributed by atoms with E-state index in [1.165, 1.54) is 12.0 Å². The van der Waals surface area contributed by atoms with Crippen LogP contribution in [0.3, 0.4) is 0 Å². The van der Waals surface area contributed by atoms with Crippen molar-refractivity contribution in [3.8, 4) is 11.5 Å². The van der Waals surface area contributed by atoms with E-state index in [4.69, 9.17) is 9.15 Å². The lowest BCUT2D eigenvalue weighted by molar-refractivity contribution is 0.188. The van der Waals surface area contributed by atoms with E-state index in [0.717, 1.165) is 37.6 Å². The molecule has 5 nitrogen and oxygen atoms in total. The van der Waals surface area contributed by atoms with Gasteiger partial charge >= 0.3 is 0 Å². The van der Waals surface area contributed by atoms with Crippen LogP contribution >= 0.6 is 0 Å². The maximum Gasteiger partial charge on any atom is 0.247 e. The summed E-state index contributed by atoms with van der Waals surface area (Å²) in [5.41, 5.74) is 2.41. The quantitative estimate of drug-likeness (QED) is 0.515. The van der Waals surface area contributed by atoms with Gasteiger partial charge in [0.2, 0.25) is 11.8 Å². The molecule has 0 spiro atoms. The standard InChI is InChI=1S/C23H33N3O2/c1-16(2)21-13-19(17(3)12-20(21)15-24-10-11-27-4)14-22-25-26-23(28-22)18-8-6-5-7-9-18/h5-9,12,16,19-21,24H,10-11,13-15H2,1-4H3. The summed E-state index contributed by atoms with van der Waals surface area (Å²) < 4.78 is 11.1. The van der Waals surface area contributed by atoms with Gasteiger partial charge in [0, 0.05) is 32.2 Å². The number of hydrogen-bond acceptors (Lipinski definition) is 5. The monoisotopic (exact) mass is 383 g/mol. The first-order valence-corrected chi connectivity index (χ1v) is 10.3. The number of benzene rings is 1. The Bertz CT molecular complexity index is 754. The Hall–Kier alpha value is -1.98. The molecular weight excluding hydrogens is 350 g/mol. The average Bonchev–Trinajstić information content (AvgIpc) is 3.16. The normalized spacial score (nSPS) is 22.5. The lowest BCUT2D eigenvalue weighted by Crippen LogP contribution is -2.35. The van der Waals surface area contributed by atoms with Crippen molar-refractivity contribution in [1.29, 1.82) is 0 Å². The molecule has 3 unspecified atom stereocenters. The van der Waals surface area contributed by atoms with Gasteiger partial charge in [-0.3, -0.25) is 0 Å². The third kappa shape index (κ3) is 5.30. The number of nitrogens with one attached hydrogen (secondary N) is 1. The first-order chi connectivity index (χ1) is 13.6. The molecule has 28 heavy (non-hydrogen) atoms. The van der Waals surface area contributed by atoms with Crippen molar-refractivity contribution in [2.45, 2.75) is 33.6 Å². The lowest BCUT2D eigenvalue weighted by atomic mass is 9.70. The van der Waals surface area contributed by atoms with Gasteiger partial charge in [0.25, 0.3) is 0 Å². The number of ether oxygens (including phenoxy) is 1. The molecular formula is C23H33N3O2. The first-order valence-electron chi connectivity index (χ1n) is 10.3. The average molecular weight is 384 g/mol. The van der Waals surface area contributed by atoms with Gasteiger partial charge in [-0.1, -0.05) is 43.7 Å². The fourth-order valence-corrected chi connectivity index (χ4v) is 4.19. The van der Waals surface area contributed by atoms with Crippen LogP contribution in [0.5, 0.6) is 0 Å². The van der Waals surface area contributed by atoms with Crippen LogP contribution in [0.25, 0.3) is 11.5 Å². The molecule has 0 aliphatic heterocycles. The molecule has 1 aliphatic rings. The van der Waals surface area contributed by atoms with E-state index in [2.05, 4.69) is 42.4 Å². The summed E-state index contributed by atoms with van der Waals surface area (Å²) in [4.78, 5) is 0. The molecule has 0 radical (unpaired) electrons. The van der Waals surface area contributed by atoms with Crippen LogP contribution in [0.4, 0.5) is 0 Å². The molecule has 1 aromatic heterocycles. The highest BCUT2D eigenvalue weighted by Gasteiger charge is 2.32. The highest BCUT2D eigenvalue weighted by molar-refractivity contribution is 5.51. The second kappa shape index (κ2) is 9.99. The van der Waals surface area contributed by atoms with Gasteiger partial charge < -0.3 is 14.5 Å². The minimum atomic E-state index is 0.465. The smallest absolute Gasteiger partial charge is 0.247 e. The van der Waals surface area contributed by atoms with E-state index < -0.39 is 0 Å². The van der Waals surface area contributed by atoms with Crippen molar-refractivity contribution in [1.82, 2.24) is 15.5 Å². The van der Waals surface area contributed by atoms with Crippen LogP contribution in [0, 0.1) is 23.7 Å². The third-order valence-corrected chi connectivity index (χ3v) is 5.86. The van der Waals surface area contributed by atoms with Gasteiger partial charge in [-0.05, 0) is 49.1 Å². The van der Waals surface area contributed by atoms with Crippen molar-refractivity contribution in [2.24, 2.45) is 23.7 Å². The topological polar surface area (TPSA) is 60.2 Å². The Balaban J connectivity index is 1.66. The molecule has 0 saturated carbocycles. The zero-order valence-electron chi connectivity index (χ0n) is 17.5. The molecule has 0 amide bonds. The zero-order valence-corrected chi connectivity index (χ0v) is 17.5. The molecule has 152 valence electrons. The van der Waals surface area contributed by atoms with E-state index in [1.54, 1.807) is 7.11 Å². The van der Waals surface area contributed by atoms with Gasteiger partial charge in [0.05, 0.1) is 6.61 Å². The second-order valence-electron chi connectivity index (χ2n) is 8.18. The fraction of sp³-hybridized carbons (Fsp3) is 0.565. The predicted octanol–water partition coefficient (Wildman–Crippen LogP) is 4.37. The summed E-state index contributed by atoms with van der Waals surface area (Å²) in [6.07, 6.45) is 4.45. The van der Waals surface area contributed by atoms with Crippen molar-refractivity contribution in [2.75, 3.05) is 26.8 Å². The Morgan fingerprint density at radius 1 is 1.21 bits per heavy atom. The predicted molar refractivity (Wildman–Crippen MR) is 112 cm³/mol. The summed E-state index contributed by atoms with van der Waals surface area (Å²) in [5.74, 6) is 3.66. The largest absolute Gasteiger partial charge is 0.421 e. The minimum absolute atomic E-state index is 0.465. The Kier molecular flexibility index (Phi) is 7.40. The number of hydrogen-bond donors (Lipinski definition) is 1. The third-order valence-electron chi connectivity index (χ3n) is 5.86. The highest BCUT2D eigenvalue weighted by atomic mass is 16.5. The Labute approximate surface area is 168 Å². The zero-order chi connectivity index (χ0) is 19.9. The van der Waals surface area contributed by atoms with Crippen molar-refractivity contribution >= 4 is 0 Å². The number of aromatic nitrogens is 2. The van der Waals surface area contributed by atoms with Gasteiger partial charge in [0.15, 0.2) is 0 Å². The summed E-state index contributed by atoms with van der Waals surface area (Å²) in [6.45, 7) is 9.58. The molecule has 1 aliphatic carbocycles. The summed E-state index contributed by atoms with van der Waals surface area (Å²) >= 11 is 0. The van der Waals surface area contributed by atoms with Gasteiger partial charge in [-0.25, -0.2) is 0 Å². The molecule has 0 fully saturated rings. The molecule has 3 rings (SSSR count). The van der Waals surface area contributed by atoms with Crippen molar-refractivity contribution in [3.05, 3.63) is 47.9 Å².